The van der Waals surface area contributed by atoms with Crippen LogP contribution in [0.3, 0.4) is 0 Å². The van der Waals surface area contributed by atoms with Crippen LogP contribution in [-0.2, 0) is 4.79 Å². The zero-order valence-corrected chi connectivity index (χ0v) is 16.7. The van der Waals surface area contributed by atoms with Crippen molar-refractivity contribution in [3.8, 4) is 11.5 Å². The first-order valence-electron chi connectivity index (χ1n) is 8.66. The largest absolute Gasteiger partial charge is 0.493 e. The number of hydrogen-bond acceptors (Lipinski definition) is 5. The fraction of sp³-hybridized carbons (Fsp3) is 0.238. The maximum absolute atomic E-state index is 12.6. The number of thioether (sulfide) groups is 1. The van der Waals surface area contributed by atoms with Crippen LogP contribution in [0.5, 0.6) is 11.5 Å². The second-order valence-electron chi connectivity index (χ2n) is 6.00. The number of methoxy groups -OCH3 is 1. The van der Waals surface area contributed by atoms with Crippen LogP contribution in [0.15, 0.2) is 52.4 Å². The Kier molecular flexibility index (Phi) is 5.86. The number of amides is 1. The zero-order valence-electron chi connectivity index (χ0n) is 15.9. The van der Waals surface area contributed by atoms with Crippen molar-refractivity contribution in [1.82, 2.24) is 4.90 Å². The molecule has 0 atom stereocenters. The van der Waals surface area contributed by atoms with E-state index in [4.69, 9.17) is 9.47 Å². The summed E-state index contributed by atoms with van der Waals surface area (Å²) in [6, 6.07) is 13.5. The molecule has 0 unspecified atom stereocenters. The van der Waals surface area contributed by atoms with Crippen molar-refractivity contribution < 1.29 is 14.3 Å². The van der Waals surface area contributed by atoms with Gasteiger partial charge in [-0.25, -0.2) is 4.99 Å². The maximum Gasteiger partial charge on any atom is 0.266 e. The van der Waals surface area contributed by atoms with E-state index in [0.29, 0.717) is 28.2 Å². The first kappa shape index (κ1) is 19.0. The molecule has 0 bridgehead atoms. The Labute approximate surface area is 163 Å². The Morgan fingerprint density at radius 2 is 1.96 bits per heavy atom. The number of para-hydroxylation sites is 1. The minimum absolute atomic E-state index is 0.0684. The van der Waals surface area contributed by atoms with Gasteiger partial charge in [0.15, 0.2) is 16.7 Å². The lowest BCUT2D eigenvalue weighted by Crippen LogP contribution is -2.23. The molecule has 140 valence electrons. The molecule has 0 aliphatic carbocycles. The Balaban J connectivity index is 1.91. The van der Waals surface area contributed by atoms with Gasteiger partial charge in [-0.05, 0) is 61.0 Å². The molecule has 0 N–H and O–H groups in total. The number of rotatable bonds is 5. The van der Waals surface area contributed by atoms with E-state index in [1.807, 2.05) is 62.4 Å². The fourth-order valence-electron chi connectivity index (χ4n) is 2.65. The Morgan fingerprint density at radius 1 is 1.19 bits per heavy atom. The van der Waals surface area contributed by atoms with Gasteiger partial charge in [0.2, 0.25) is 0 Å². The van der Waals surface area contributed by atoms with Gasteiger partial charge in [-0.1, -0.05) is 24.3 Å². The highest BCUT2D eigenvalue weighted by molar-refractivity contribution is 8.18. The third-order valence-corrected chi connectivity index (χ3v) is 5.18. The third kappa shape index (κ3) is 4.17. The molecule has 0 aromatic heterocycles. The SMILES string of the molecule is CCOc1cc(/C=C2/SC(=Nc3ccccc3C)N(C)C2=O)ccc1OC. The molecule has 2 aromatic carbocycles. The molecule has 1 heterocycles. The zero-order chi connectivity index (χ0) is 19.4. The van der Waals surface area contributed by atoms with Crippen LogP contribution in [0.25, 0.3) is 6.08 Å². The average molecular weight is 382 g/mol. The summed E-state index contributed by atoms with van der Waals surface area (Å²) in [4.78, 5) is 19.5. The van der Waals surface area contributed by atoms with Crippen LogP contribution in [0.4, 0.5) is 5.69 Å². The first-order valence-corrected chi connectivity index (χ1v) is 9.48. The number of carbonyl (C=O) groups excluding carboxylic acids is 1. The lowest BCUT2D eigenvalue weighted by Gasteiger charge is -2.09. The minimum atomic E-state index is -0.0684. The summed E-state index contributed by atoms with van der Waals surface area (Å²) in [5.74, 6) is 1.26. The van der Waals surface area contributed by atoms with Gasteiger partial charge >= 0.3 is 0 Å². The molecule has 0 radical (unpaired) electrons. The van der Waals surface area contributed by atoms with Crippen molar-refractivity contribution >= 4 is 34.6 Å². The molecule has 0 saturated carbocycles. The van der Waals surface area contributed by atoms with Gasteiger partial charge in [0.25, 0.3) is 5.91 Å². The number of aliphatic imine (C=N–C) groups is 1. The van der Waals surface area contributed by atoms with Crippen molar-refractivity contribution in [1.29, 1.82) is 0 Å². The number of carbonyl (C=O) groups is 1. The van der Waals surface area contributed by atoms with Gasteiger partial charge in [-0.2, -0.15) is 0 Å². The molecule has 1 fully saturated rings. The second kappa shape index (κ2) is 8.31. The standard InChI is InChI=1S/C21H22N2O3S/c1-5-26-18-12-15(10-11-17(18)25-4)13-19-20(24)23(3)21(27-19)22-16-9-7-6-8-14(16)2/h6-13H,5H2,1-4H3/b19-13+,22-21?. The van der Waals surface area contributed by atoms with Crippen molar-refractivity contribution in [3.05, 3.63) is 58.5 Å². The normalized spacial score (nSPS) is 17.0. The molecule has 0 spiro atoms. The predicted octanol–water partition coefficient (Wildman–Crippen LogP) is 4.64. The Morgan fingerprint density at radius 3 is 2.67 bits per heavy atom. The molecule has 5 nitrogen and oxygen atoms in total. The molecule has 1 saturated heterocycles. The van der Waals surface area contributed by atoms with Gasteiger partial charge in [-0.3, -0.25) is 9.69 Å². The van der Waals surface area contributed by atoms with E-state index in [-0.39, 0.29) is 5.91 Å². The highest BCUT2D eigenvalue weighted by Crippen LogP contribution is 2.35. The Hall–Kier alpha value is -2.73. The molecule has 6 heteroatoms. The topological polar surface area (TPSA) is 51.1 Å². The summed E-state index contributed by atoms with van der Waals surface area (Å²) >= 11 is 1.37. The van der Waals surface area contributed by atoms with E-state index in [1.165, 1.54) is 11.8 Å². The number of benzene rings is 2. The predicted molar refractivity (Wildman–Crippen MR) is 111 cm³/mol. The smallest absolute Gasteiger partial charge is 0.266 e. The maximum atomic E-state index is 12.6. The Bertz CT molecular complexity index is 921. The van der Waals surface area contributed by atoms with Gasteiger partial charge in [0.05, 0.1) is 24.3 Å². The summed E-state index contributed by atoms with van der Waals surface area (Å²) in [5, 5.41) is 0.666. The van der Waals surface area contributed by atoms with Crippen LogP contribution in [0.2, 0.25) is 0 Å². The molecular weight excluding hydrogens is 360 g/mol. The molecule has 3 rings (SSSR count). The highest BCUT2D eigenvalue weighted by atomic mass is 32.2. The molecule has 2 aromatic rings. The van der Waals surface area contributed by atoms with Crippen LogP contribution in [0.1, 0.15) is 18.1 Å². The summed E-state index contributed by atoms with van der Waals surface area (Å²) in [6.07, 6.45) is 1.85. The van der Waals surface area contributed by atoms with Gasteiger partial charge in [0, 0.05) is 7.05 Å². The van der Waals surface area contributed by atoms with E-state index in [2.05, 4.69) is 4.99 Å². The lowest BCUT2D eigenvalue weighted by molar-refractivity contribution is -0.121. The van der Waals surface area contributed by atoms with E-state index >= 15 is 0 Å². The first-order chi connectivity index (χ1) is 13.0. The van der Waals surface area contributed by atoms with Crippen LogP contribution in [0, 0.1) is 6.92 Å². The van der Waals surface area contributed by atoms with Crippen molar-refractivity contribution in [2.45, 2.75) is 13.8 Å². The summed E-state index contributed by atoms with van der Waals surface area (Å²) < 4.78 is 10.9. The highest BCUT2D eigenvalue weighted by Gasteiger charge is 2.30. The third-order valence-electron chi connectivity index (χ3n) is 4.12. The van der Waals surface area contributed by atoms with Gasteiger partial charge < -0.3 is 9.47 Å². The van der Waals surface area contributed by atoms with Crippen molar-refractivity contribution in [3.63, 3.8) is 0 Å². The van der Waals surface area contributed by atoms with Gasteiger partial charge in [0.1, 0.15) is 0 Å². The minimum Gasteiger partial charge on any atom is -0.493 e. The van der Waals surface area contributed by atoms with Crippen LogP contribution in [-0.4, -0.2) is 36.7 Å². The van der Waals surface area contributed by atoms with E-state index in [1.54, 1.807) is 19.1 Å². The van der Waals surface area contributed by atoms with E-state index in [9.17, 15) is 4.79 Å². The average Bonchev–Trinajstić information content (AvgIpc) is 2.92. The molecule has 1 aliphatic rings. The van der Waals surface area contributed by atoms with Crippen molar-refractivity contribution in [2.24, 2.45) is 4.99 Å². The molecule has 27 heavy (non-hydrogen) atoms. The number of aryl methyl sites for hydroxylation is 1. The number of amidine groups is 1. The van der Waals surface area contributed by atoms with E-state index in [0.717, 1.165) is 16.8 Å². The summed E-state index contributed by atoms with van der Waals surface area (Å²) in [6.45, 7) is 4.47. The monoisotopic (exact) mass is 382 g/mol. The number of likely N-dealkylation sites (N-methyl/N-ethyl adjacent to an activating group) is 1. The fourth-order valence-corrected chi connectivity index (χ4v) is 3.63. The number of nitrogens with zero attached hydrogens (tertiary/aromatic N) is 2. The van der Waals surface area contributed by atoms with Gasteiger partial charge in [-0.15, -0.1) is 0 Å². The van der Waals surface area contributed by atoms with Crippen LogP contribution >= 0.6 is 11.8 Å². The number of ether oxygens (including phenoxy) is 2. The summed E-state index contributed by atoms with van der Waals surface area (Å²) in [5.41, 5.74) is 2.81. The molecule has 1 amide bonds. The second-order valence-corrected chi connectivity index (χ2v) is 7.01. The number of hydrogen-bond donors (Lipinski definition) is 0. The molecule has 1 aliphatic heterocycles. The van der Waals surface area contributed by atoms with Crippen molar-refractivity contribution in [2.75, 3.05) is 20.8 Å². The van der Waals surface area contributed by atoms with Crippen LogP contribution < -0.4 is 9.47 Å². The molecular formula is C21H22N2O3S. The summed E-state index contributed by atoms with van der Waals surface area (Å²) in [7, 11) is 3.35. The van der Waals surface area contributed by atoms with E-state index < -0.39 is 0 Å². The lowest BCUT2D eigenvalue weighted by atomic mass is 10.2. The quantitative estimate of drug-likeness (QED) is 0.707.